The van der Waals surface area contributed by atoms with Crippen molar-refractivity contribution in [3.05, 3.63) is 69.9 Å². The number of terminal acetylenes is 1. The van der Waals surface area contributed by atoms with Crippen LogP contribution >= 0.6 is 11.3 Å². The molecule has 0 saturated carbocycles. The van der Waals surface area contributed by atoms with Crippen molar-refractivity contribution in [1.29, 1.82) is 0 Å². The van der Waals surface area contributed by atoms with Gasteiger partial charge in [0.05, 0.1) is 5.01 Å². The fourth-order valence-corrected chi connectivity index (χ4v) is 5.05. The van der Waals surface area contributed by atoms with Crippen LogP contribution in [0.25, 0.3) is 11.1 Å². The zero-order valence-corrected chi connectivity index (χ0v) is 19.8. The molecule has 3 aromatic rings. The van der Waals surface area contributed by atoms with E-state index in [1.807, 2.05) is 36.1 Å². The second-order valence-electron chi connectivity index (χ2n) is 8.44. The summed E-state index contributed by atoms with van der Waals surface area (Å²) in [5.74, 6) is 2.13. The Bertz CT molecular complexity index is 1220. The predicted molar refractivity (Wildman–Crippen MR) is 133 cm³/mol. The quantitative estimate of drug-likeness (QED) is 0.470. The summed E-state index contributed by atoms with van der Waals surface area (Å²) in [4.78, 5) is 31.6. The van der Waals surface area contributed by atoms with Gasteiger partial charge in [-0.1, -0.05) is 29.8 Å². The van der Waals surface area contributed by atoms with Gasteiger partial charge in [-0.15, -0.1) is 23.7 Å². The third kappa shape index (κ3) is 5.52. The van der Waals surface area contributed by atoms with Gasteiger partial charge in [-0.3, -0.25) is 9.59 Å². The number of anilines is 1. The Kier molecular flexibility index (Phi) is 7.39. The summed E-state index contributed by atoms with van der Waals surface area (Å²) in [5, 5.41) is 5.55. The molecule has 4 rings (SSSR count). The third-order valence-corrected chi connectivity index (χ3v) is 7.03. The molecule has 1 saturated heterocycles. The number of amides is 2. The van der Waals surface area contributed by atoms with Crippen molar-refractivity contribution >= 4 is 28.8 Å². The van der Waals surface area contributed by atoms with E-state index in [2.05, 4.69) is 16.2 Å². The SMILES string of the molecule is C#CCCC(=O)N1CCC(c2nc(C(=O)Nc3ccc(F)cc3-c3ccc(C)cc3)cs2)CC1. The van der Waals surface area contributed by atoms with E-state index in [1.54, 1.807) is 11.4 Å². The molecule has 2 amide bonds. The van der Waals surface area contributed by atoms with Gasteiger partial charge in [0.1, 0.15) is 11.5 Å². The molecule has 34 heavy (non-hydrogen) atoms. The Labute approximate surface area is 203 Å². The third-order valence-electron chi connectivity index (χ3n) is 6.03. The van der Waals surface area contributed by atoms with Gasteiger partial charge in [-0.05, 0) is 43.5 Å². The highest BCUT2D eigenvalue weighted by Crippen LogP contribution is 2.32. The molecule has 174 valence electrons. The minimum absolute atomic E-state index is 0.0966. The first-order valence-electron chi connectivity index (χ1n) is 11.3. The summed E-state index contributed by atoms with van der Waals surface area (Å²) >= 11 is 1.46. The Morgan fingerprint density at radius 1 is 1.21 bits per heavy atom. The lowest BCUT2D eigenvalue weighted by Crippen LogP contribution is -2.37. The van der Waals surface area contributed by atoms with E-state index < -0.39 is 0 Å². The smallest absolute Gasteiger partial charge is 0.275 e. The Morgan fingerprint density at radius 3 is 2.65 bits per heavy atom. The van der Waals surface area contributed by atoms with Gasteiger partial charge in [0.15, 0.2) is 0 Å². The van der Waals surface area contributed by atoms with Gasteiger partial charge < -0.3 is 10.2 Å². The molecule has 0 aliphatic carbocycles. The zero-order chi connectivity index (χ0) is 24.1. The number of halogens is 1. The molecule has 1 aliphatic rings. The molecule has 1 N–H and O–H groups in total. The number of likely N-dealkylation sites (tertiary alicyclic amines) is 1. The standard InChI is InChI=1S/C27H26FN3O2S/c1-3-4-5-25(32)31-14-12-20(13-15-31)27-30-24(17-34-27)26(33)29-23-11-10-21(28)16-22(23)19-8-6-18(2)7-9-19/h1,6-11,16-17,20H,4-5,12-15H2,2H3,(H,29,33). The van der Waals surface area contributed by atoms with Crippen LogP contribution in [0.15, 0.2) is 47.8 Å². The van der Waals surface area contributed by atoms with E-state index in [1.165, 1.54) is 23.5 Å². The maximum Gasteiger partial charge on any atom is 0.275 e. The molecule has 1 fully saturated rings. The van der Waals surface area contributed by atoms with Gasteiger partial charge in [-0.25, -0.2) is 9.37 Å². The molecular weight excluding hydrogens is 449 g/mol. The van der Waals surface area contributed by atoms with E-state index in [4.69, 9.17) is 6.42 Å². The van der Waals surface area contributed by atoms with Gasteiger partial charge >= 0.3 is 0 Å². The van der Waals surface area contributed by atoms with Crippen LogP contribution in [-0.2, 0) is 4.79 Å². The highest BCUT2D eigenvalue weighted by molar-refractivity contribution is 7.10. The molecule has 2 aromatic carbocycles. The molecular formula is C27H26FN3O2S. The van der Waals surface area contributed by atoms with Crippen molar-refractivity contribution in [2.75, 3.05) is 18.4 Å². The van der Waals surface area contributed by atoms with Crippen molar-refractivity contribution in [3.63, 3.8) is 0 Å². The van der Waals surface area contributed by atoms with E-state index in [9.17, 15) is 14.0 Å². The van der Waals surface area contributed by atoms with Crippen LogP contribution in [0.3, 0.4) is 0 Å². The number of carbonyl (C=O) groups is 2. The molecule has 5 nitrogen and oxygen atoms in total. The Hall–Kier alpha value is -3.50. The average molecular weight is 476 g/mol. The summed E-state index contributed by atoms with van der Waals surface area (Å²) in [6, 6.07) is 12.0. The molecule has 2 heterocycles. The van der Waals surface area contributed by atoms with Crippen LogP contribution in [-0.4, -0.2) is 34.8 Å². The minimum Gasteiger partial charge on any atom is -0.343 e. The molecule has 7 heteroatoms. The number of aromatic nitrogens is 1. The fourth-order valence-electron chi connectivity index (χ4n) is 4.08. The van der Waals surface area contributed by atoms with E-state index >= 15 is 0 Å². The molecule has 0 unspecified atom stereocenters. The average Bonchev–Trinajstić information content (AvgIpc) is 3.35. The topological polar surface area (TPSA) is 62.3 Å². The number of hydrogen-bond acceptors (Lipinski definition) is 4. The molecule has 0 bridgehead atoms. The lowest BCUT2D eigenvalue weighted by Gasteiger charge is -2.31. The maximum absolute atomic E-state index is 14.0. The first-order chi connectivity index (χ1) is 16.4. The maximum atomic E-state index is 14.0. The number of aryl methyl sites for hydroxylation is 1. The summed E-state index contributed by atoms with van der Waals surface area (Å²) in [5.41, 5.74) is 3.41. The van der Waals surface area contributed by atoms with Crippen LogP contribution < -0.4 is 5.32 Å². The number of nitrogens with one attached hydrogen (secondary N) is 1. The number of nitrogens with zero attached hydrogens (tertiary/aromatic N) is 2. The molecule has 1 aliphatic heterocycles. The largest absolute Gasteiger partial charge is 0.343 e. The van der Waals surface area contributed by atoms with Crippen LogP contribution in [0.1, 0.15) is 52.7 Å². The first-order valence-corrected chi connectivity index (χ1v) is 12.2. The van der Waals surface area contributed by atoms with Gasteiger partial charge in [0, 0.05) is 48.5 Å². The van der Waals surface area contributed by atoms with Crippen molar-refractivity contribution in [2.24, 2.45) is 0 Å². The highest BCUT2D eigenvalue weighted by Gasteiger charge is 2.26. The molecule has 0 atom stereocenters. The minimum atomic E-state index is -0.367. The summed E-state index contributed by atoms with van der Waals surface area (Å²) in [6.07, 6.45) is 7.72. The second-order valence-corrected chi connectivity index (χ2v) is 9.33. The Balaban J connectivity index is 1.43. The number of piperidine rings is 1. The lowest BCUT2D eigenvalue weighted by atomic mass is 9.97. The van der Waals surface area contributed by atoms with Crippen LogP contribution in [0, 0.1) is 25.1 Å². The second kappa shape index (κ2) is 10.6. The monoisotopic (exact) mass is 475 g/mol. The highest BCUT2D eigenvalue weighted by atomic mass is 32.1. The van der Waals surface area contributed by atoms with E-state index in [0.29, 0.717) is 42.9 Å². The lowest BCUT2D eigenvalue weighted by molar-refractivity contribution is -0.132. The van der Waals surface area contributed by atoms with Gasteiger partial charge in [-0.2, -0.15) is 0 Å². The number of benzene rings is 2. The van der Waals surface area contributed by atoms with Gasteiger partial charge in [0.25, 0.3) is 5.91 Å². The summed E-state index contributed by atoms with van der Waals surface area (Å²) < 4.78 is 14.0. The summed E-state index contributed by atoms with van der Waals surface area (Å²) in [6.45, 7) is 3.33. The normalized spacial score (nSPS) is 14.0. The fraction of sp³-hybridized carbons (Fsp3) is 0.296. The number of rotatable bonds is 6. The molecule has 1 aromatic heterocycles. The van der Waals surface area contributed by atoms with E-state index in [-0.39, 0.29) is 23.5 Å². The predicted octanol–water partition coefficient (Wildman–Crippen LogP) is 5.63. The number of thiazole rings is 1. The van der Waals surface area contributed by atoms with Crippen molar-refractivity contribution in [2.45, 2.75) is 38.5 Å². The zero-order valence-electron chi connectivity index (χ0n) is 19.0. The number of hydrogen-bond donors (Lipinski definition) is 1. The molecule has 0 radical (unpaired) electrons. The van der Waals surface area contributed by atoms with Crippen LogP contribution in [0.5, 0.6) is 0 Å². The van der Waals surface area contributed by atoms with Crippen molar-refractivity contribution in [3.8, 4) is 23.5 Å². The van der Waals surface area contributed by atoms with Crippen LogP contribution in [0.2, 0.25) is 0 Å². The molecule has 0 spiro atoms. The first kappa shape index (κ1) is 23.7. The summed E-state index contributed by atoms with van der Waals surface area (Å²) in [7, 11) is 0. The Morgan fingerprint density at radius 2 is 1.94 bits per heavy atom. The van der Waals surface area contributed by atoms with E-state index in [0.717, 1.165) is 29.0 Å². The number of carbonyl (C=O) groups excluding carboxylic acids is 2. The van der Waals surface area contributed by atoms with Gasteiger partial charge in [0.2, 0.25) is 5.91 Å². The van der Waals surface area contributed by atoms with Crippen LogP contribution in [0.4, 0.5) is 10.1 Å². The van der Waals surface area contributed by atoms with Crippen molar-refractivity contribution < 1.29 is 14.0 Å². The van der Waals surface area contributed by atoms with Crippen molar-refractivity contribution in [1.82, 2.24) is 9.88 Å².